The SMILES string of the molecule is Cc1cc(Br)c(NC(=O)/C(C#N)=C/c2ccc(OC(=O)c3ccc(Cl)c(Cl)c3)cc2)c(Br)c1. The Kier molecular flexibility index (Phi) is 8.33. The molecule has 3 aromatic carbocycles. The maximum atomic E-state index is 12.6. The molecule has 0 heterocycles. The number of anilines is 1. The van der Waals surface area contributed by atoms with Crippen LogP contribution in [0, 0.1) is 18.3 Å². The van der Waals surface area contributed by atoms with Gasteiger partial charge in [-0.15, -0.1) is 0 Å². The zero-order valence-corrected chi connectivity index (χ0v) is 21.6. The van der Waals surface area contributed by atoms with Gasteiger partial charge >= 0.3 is 5.97 Å². The Balaban J connectivity index is 1.73. The molecule has 0 aliphatic carbocycles. The van der Waals surface area contributed by atoms with E-state index in [9.17, 15) is 14.9 Å². The zero-order valence-electron chi connectivity index (χ0n) is 17.0. The summed E-state index contributed by atoms with van der Waals surface area (Å²) < 4.78 is 6.70. The fourth-order valence-electron chi connectivity index (χ4n) is 2.74. The number of nitrogens with one attached hydrogen (secondary N) is 1. The molecule has 3 aromatic rings. The molecule has 166 valence electrons. The molecule has 3 rings (SSSR count). The molecule has 0 spiro atoms. The van der Waals surface area contributed by atoms with Crippen molar-refractivity contribution >= 4 is 78.7 Å². The molecule has 0 aliphatic rings. The summed E-state index contributed by atoms with van der Waals surface area (Å²) in [5.41, 5.74) is 2.28. The van der Waals surface area contributed by atoms with Gasteiger partial charge in [0.1, 0.15) is 17.4 Å². The summed E-state index contributed by atoms with van der Waals surface area (Å²) in [7, 11) is 0. The molecule has 0 aromatic heterocycles. The maximum absolute atomic E-state index is 12.6. The first kappa shape index (κ1) is 25.0. The molecule has 0 aliphatic heterocycles. The Hall–Kier alpha value is -2.63. The third kappa shape index (κ3) is 6.46. The Morgan fingerprint density at radius 3 is 2.21 bits per heavy atom. The molecule has 0 fully saturated rings. The first-order chi connectivity index (χ1) is 15.7. The van der Waals surface area contributed by atoms with Crippen LogP contribution in [0.4, 0.5) is 5.69 Å². The zero-order chi connectivity index (χ0) is 24.1. The summed E-state index contributed by atoms with van der Waals surface area (Å²) in [4.78, 5) is 24.9. The number of ether oxygens (including phenoxy) is 1. The standard InChI is InChI=1S/C24H14Br2Cl2N2O3/c1-13-8-18(25)22(19(26)9-13)30-23(31)16(12-29)10-14-2-5-17(6-3-14)33-24(32)15-4-7-20(27)21(28)11-15/h2-11H,1H3,(H,30,31)/b16-10+. The van der Waals surface area contributed by atoms with Crippen LogP contribution in [0.5, 0.6) is 5.75 Å². The lowest BCUT2D eigenvalue weighted by Gasteiger charge is -2.10. The third-order valence-corrected chi connectivity index (χ3v) is 6.34. The highest BCUT2D eigenvalue weighted by Gasteiger charge is 2.15. The van der Waals surface area contributed by atoms with E-state index in [0.29, 0.717) is 31.0 Å². The third-order valence-electron chi connectivity index (χ3n) is 4.35. The molecule has 33 heavy (non-hydrogen) atoms. The van der Waals surface area contributed by atoms with E-state index in [0.717, 1.165) is 5.56 Å². The highest BCUT2D eigenvalue weighted by molar-refractivity contribution is 9.11. The molecule has 5 nitrogen and oxygen atoms in total. The van der Waals surface area contributed by atoms with Gasteiger partial charge in [-0.1, -0.05) is 35.3 Å². The van der Waals surface area contributed by atoms with E-state index in [2.05, 4.69) is 37.2 Å². The van der Waals surface area contributed by atoms with Gasteiger partial charge in [0.25, 0.3) is 5.91 Å². The minimum absolute atomic E-state index is 0.0880. The van der Waals surface area contributed by atoms with E-state index in [4.69, 9.17) is 27.9 Å². The van der Waals surface area contributed by atoms with E-state index in [1.165, 1.54) is 24.3 Å². The number of aryl methyl sites for hydroxylation is 1. The first-order valence-electron chi connectivity index (χ1n) is 9.34. The van der Waals surface area contributed by atoms with Crippen LogP contribution in [0.3, 0.4) is 0 Å². The number of hydrogen-bond donors (Lipinski definition) is 1. The normalized spacial score (nSPS) is 11.0. The number of rotatable bonds is 5. The topological polar surface area (TPSA) is 79.2 Å². The smallest absolute Gasteiger partial charge is 0.343 e. The fourth-order valence-corrected chi connectivity index (χ4v) is 4.65. The lowest BCUT2D eigenvalue weighted by Crippen LogP contribution is -2.14. The van der Waals surface area contributed by atoms with Crippen molar-refractivity contribution in [3.8, 4) is 11.8 Å². The Bertz CT molecular complexity index is 1290. The Morgan fingerprint density at radius 2 is 1.64 bits per heavy atom. The highest BCUT2D eigenvalue weighted by Crippen LogP contribution is 2.32. The van der Waals surface area contributed by atoms with Gasteiger partial charge in [0.15, 0.2) is 0 Å². The Labute approximate surface area is 217 Å². The van der Waals surface area contributed by atoms with Gasteiger partial charge in [0.2, 0.25) is 0 Å². The summed E-state index contributed by atoms with van der Waals surface area (Å²) >= 11 is 18.6. The second-order valence-corrected chi connectivity index (χ2v) is 9.34. The van der Waals surface area contributed by atoms with E-state index in [1.54, 1.807) is 24.3 Å². The quantitative estimate of drug-likeness (QED) is 0.140. The monoisotopic (exact) mass is 606 g/mol. The van der Waals surface area contributed by atoms with E-state index in [1.807, 2.05) is 25.1 Å². The molecule has 0 unspecified atom stereocenters. The summed E-state index contributed by atoms with van der Waals surface area (Å²) in [5.74, 6) is -0.861. The number of esters is 1. The van der Waals surface area contributed by atoms with Crippen LogP contribution in [0.15, 0.2) is 69.1 Å². The molecule has 0 bridgehead atoms. The number of nitriles is 1. The van der Waals surface area contributed by atoms with E-state index < -0.39 is 11.9 Å². The summed E-state index contributed by atoms with van der Waals surface area (Å²) in [5, 5.41) is 12.8. The van der Waals surface area contributed by atoms with Gasteiger partial charge in [0.05, 0.1) is 21.3 Å². The van der Waals surface area contributed by atoms with Crippen LogP contribution >= 0.6 is 55.1 Å². The molecular weight excluding hydrogens is 595 g/mol. The van der Waals surface area contributed by atoms with Crippen molar-refractivity contribution in [1.29, 1.82) is 5.26 Å². The van der Waals surface area contributed by atoms with E-state index >= 15 is 0 Å². The van der Waals surface area contributed by atoms with Crippen molar-refractivity contribution in [1.82, 2.24) is 0 Å². The number of benzene rings is 3. The van der Waals surface area contributed by atoms with Crippen molar-refractivity contribution in [3.05, 3.63) is 95.9 Å². The molecule has 1 N–H and O–H groups in total. The van der Waals surface area contributed by atoms with Crippen molar-refractivity contribution in [2.24, 2.45) is 0 Å². The first-order valence-corrected chi connectivity index (χ1v) is 11.7. The number of hydrogen-bond acceptors (Lipinski definition) is 4. The fraction of sp³-hybridized carbons (Fsp3) is 0.0417. The predicted octanol–water partition coefficient (Wildman–Crippen LogP) is 7.59. The molecule has 0 atom stereocenters. The van der Waals surface area contributed by atoms with Crippen molar-refractivity contribution in [2.45, 2.75) is 6.92 Å². The predicted molar refractivity (Wildman–Crippen MR) is 137 cm³/mol. The van der Waals surface area contributed by atoms with Crippen molar-refractivity contribution in [2.75, 3.05) is 5.32 Å². The van der Waals surface area contributed by atoms with Crippen molar-refractivity contribution in [3.63, 3.8) is 0 Å². The number of halogens is 4. The summed E-state index contributed by atoms with van der Waals surface area (Å²) in [6.45, 7) is 1.92. The van der Waals surface area contributed by atoms with Gasteiger partial charge in [-0.05, 0) is 98.5 Å². The highest BCUT2D eigenvalue weighted by atomic mass is 79.9. The van der Waals surface area contributed by atoms with Gasteiger partial charge in [-0.25, -0.2) is 4.79 Å². The van der Waals surface area contributed by atoms with Gasteiger partial charge in [-0.3, -0.25) is 4.79 Å². The van der Waals surface area contributed by atoms with E-state index in [-0.39, 0.29) is 16.2 Å². The molecular formula is C24H14Br2Cl2N2O3. The van der Waals surface area contributed by atoms with Crippen LogP contribution in [-0.2, 0) is 4.79 Å². The Morgan fingerprint density at radius 1 is 1.00 bits per heavy atom. The van der Waals surface area contributed by atoms with Crippen LogP contribution in [0.25, 0.3) is 6.08 Å². The summed E-state index contributed by atoms with van der Waals surface area (Å²) in [6, 6.07) is 16.4. The van der Waals surface area contributed by atoms with Crippen LogP contribution in [0.1, 0.15) is 21.5 Å². The minimum atomic E-state index is -0.594. The van der Waals surface area contributed by atoms with Crippen molar-refractivity contribution < 1.29 is 14.3 Å². The molecule has 0 saturated heterocycles. The number of carbonyl (C=O) groups is 2. The summed E-state index contributed by atoms with van der Waals surface area (Å²) in [6.07, 6.45) is 1.44. The number of amides is 1. The molecule has 0 saturated carbocycles. The average Bonchev–Trinajstić information content (AvgIpc) is 2.77. The molecule has 0 radical (unpaired) electrons. The van der Waals surface area contributed by atoms with Gasteiger partial charge in [0, 0.05) is 8.95 Å². The maximum Gasteiger partial charge on any atom is 0.343 e. The minimum Gasteiger partial charge on any atom is -0.423 e. The average molecular weight is 609 g/mol. The second kappa shape index (κ2) is 11.0. The largest absolute Gasteiger partial charge is 0.423 e. The van der Waals surface area contributed by atoms with Crippen LogP contribution in [0.2, 0.25) is 10.0 Å². The van der Waals surface area contributed by atoms with Gasteiger partial charge in [-0.2, -0.15) is 5.26 Å². The van der Waals surface area contributed by atoms with Gasteiger partial charge < -0.3 is 10.1 Å². The molecule has 1 amide bonds. The lowest BCUT2D eigenvalue weighted by atomic mass is 10.1. The lowest BCUT2D eigenvalue weighted by molar-refractivity contribution is -0.112. The molecule has 9 heteroatoms. The van der Waals surface area contributed by atoms with Crippen LogP contribution in [-0.4, -0.2) is 11.9 Å². The second-order valence-electron chi connectivity index (χ2n) is 6.81. The van der Waals surface area contributed by atoms with Crippen LogP contribution < -0.4 is 10.1 Å². The number of carbonyl (C=O) groups excluding carboxylic acids is 2. The number of nitrogens with zero attached hydrogens (tertiary/aromatic N) is 1.